The van der Waals surface area contributed by atoms with E-state index >= 15 is 0 Å². The van der Waals surface area contributed by atoms with Gasteiger partial charge in [-0.05, 0) is 29.6 Å². The van der Waals surface area contributed by atoms with E-state index in [1.807, 2.05) is 12.1 Å². The van der Waals surface area contributed by atoms with E-state index in [-0.39, 0.29) is 20.0 Å². The lowest BCUT2D eigenvalue weighted by molar-refractivity contribution is 0.601. The van der Waals surface area contributed by atoms with Crippen molar-refractivity contribution in [1.82, 2.24) is 0 Å². The van der Waals surface area contributed by atoms with Gasteiger partial charge in [-0.15, -0.1) is 11.3 Å². The van der Waals surface area contributed by atoms with Gasteiger partial charge < -0.3 is 0 Å². The molecule has 9 heteroatoms. The number of hydrogen-bond acceptors (Lipinski definition) is 3. The quantitative estimate of drug-likeness (QED) is 0.441. The van der Waals surface area contributed by atoms with Gasteiger partial charge in [-0.2, -0.15) is 0 Å². The first-order chi connectivity index (χ1) is 11.8. The van der Waals surface area contributed by atoms with Gasteiger partial charge in [-0.1, -0.05) is 64.6 Å². The molecule has 0 bridgehead atoms. The highest BCUT2D eigenvalue weighted by molar-refractivity contribution is 7.92. The number of thiophene rings is 1. The van der Waals surface area contributed by atoms with E-state index in [9.17, 15) is 8.42 Å². The van der Waals surface area contributed by atoms with Crippen molar-refractivity contribution in [2.75, 3.05) is 4.72 Å². The van der Waals surface area contributed by atoms with Crippen LogP contribution in [0.25, 0.3) is 10.4 Å². The van der Waals surface area contributed by atoms with E-state index in [1.165, 1.54) is 23.5 Å². The Bertz CT molecular complexity index is 1050. The van der Waals surface area contributed by atoms with Gasteiger partial charge in [0.15, 0.2) is 0 Å². The zero-order valence-corrected chi connectivity index (χ0v) is 16.9. The molecule has 1 heterocycles. The highest BCUT2D eigenvalue weighted by Crippen LogP contribution is 2.40. The van der Waals surface area contributed by atoms with E-state index in [2.05, 4.69) is 4.72 Å². The van der Waals surface area contributed by atoms with Crippen molar-refractivity contribution >= 4 is 73.5 Å². The zero-order chi connectivity index (χ0) is 18.2. The minimum atomic E-state index is -3.96. The van der Waals surface area contributed by atoms with Gasteiger partial charge in [0.1, 0.15) is 4.90 Å². The van der Waals surface area contributed by atoms with Crippen molar-refractivity contribution < 1.29 is 8.42 Å². The normalized spacial score (nSPS) is 11.5. The smallest absolute Gasteiger partial charge is 0.263 e. The van der Waals surface area contributed by atoms with Crippen LogP contribution >= 0.6 is 57.7 Å². The fourth-order valence-electron chi connectivity index (χ4n) is 2.16. The van der Waals surface area contributed by atoms with E-state index in [4.69, 9.17) is 46.4 Å². The minimum Gasteiger partial charge on any atom is -0.278 e. The number of sulfonamides is 1. The Morgan fingerprint density at radius 1 is 0.840 bits per heavy atom. The van der Waals surface area contributed by atoms with Crippen LogP contribution in [0, 0.1) is 0 Å². The molecule has 1 aromatic heterocycles. The number of anilines is 1. The van der Waals surface area contributed by atoms with Gasteiger partial charge in [0, 0.05) is 10.6 Å². The van der Waals surface area contributed by atoms with Crippen LogP contribution < -0.4 is 4.72 Å². The van der Waals surface area contributed by atoms with Crippen molar-refractivity contribution in [3.63, 3.8) is 0 Å². The first kappa shape index (κ1) is 18.8. The third kappa shape index (κ3) is 3.77. The van der Waals surface area contributed by atoms with Crippen LogP contribution in [0.5, 0.6) is 0 Å². The summed E-state index contributed by atoms with van der Waals surface area (Å²) in [6.45, 7) is 0. The molecule has 1 N–H and O–H groups in total. The second kappa shape index (κ2) is 7.35. The van der Waals surface area contributed by atoms with Crippen molar-refractivity contribution in [3.05, 3.63) is 67.9 Å². The Labute approximate surface area is 169 Å². The molecule has 25 heavy (non-hydrogen) atoms. The Kier molecular flexibility index (Phi) is 5.54. The lowest BCUT2D eigenvalue weighted by Gasteiger charge is -2.12. The van der Waals surface area contributed by atoms with Gasteiger partial charge in [-0.25, -0.2) is 8.42 Å². The van der Waals surface area contributed by atoms with E-state index < -0.39 is 10.0 Å². The van der Waals surface area contributed by atoms with Crippen molar-refractivity contribution in [1.29, 1.82) is 0 Å². The summed E-state index contributed by atoms with van der Waals surface area (Å²) in [5.74, 6) is 0. The second-order valence-electron chi connectivity index (χ2n) is 4.92. The van der Waals surface area contributed by atoms with Gasteiger partial charge in [0.05, 0.1) is 25.6 Å². The van der Waals surface area contributed by atoms with Crippen LogP contribution in [0.4, 0.5) is 5.69 Å². The largest absolute Gasteiger partial charge is 0.278 e. The summed E-state index contributed by atoms with van der Waals surface area (Å²) in [5.41, 5.74) is 1.14. The molecule has 0 aliphatic carbocycles. The third-order valence-electron chi connectivity index (χ3n) is 3.32. The van der Waals surface area contributed by atoms with E-state index in [0.717, 1.165) is 5.56 Å². The van der Waals surface area contributed by atoms with Gasteiger partial charge in [0.25, 0.3) is 10.0 Å². The van der Waals surface area contributed by atoms with Crippen LogP contribution in [0.1, 0.15) is 0 Å². The Morgan fingerprint density at radius 2 is 1.56 bits per heavy atom. The molecular weight excluding hydrogens is 444 g/mol. The molecule has 0 unspecified atom stereocenters. The van der Waals surface area contributed by atoms with Gasteiger partial charge >= 0.3 is 0 Å². The molecule has 0 atom stereocenters. The number of halogens is 4. The van der Waals surface area contributed by atoms with Crippen LogP contribution in [0.3, 0.4) is 0 Å². The highest BCUT2D eigenvalue weighted by Gasteiger charge is 2.23. The van der Waals surface area contributed by atoms with E-state index in [1.54, 1.807) is 23.6 Å². The molecule has 0 aliphatic rings. The van der Waals surface area contributed by atoms with Crippen molar-refractivity contribution in [2.45, 2.75) is 4.90 Å². The summed E-state index contributed by atoms with van der Waals surface area (Å²) in [5, 5.41) is 2.34. The maximum Gasteiger partial charge on any atom is 0.263 e. The fraction of sp³-hybridized carbons (Fsp3) is 0. The average molecular weight is 453 g/mol. The molecule has 0 spiro atoms. The molecule has 0 saturated heterocycles. The molecule has 0 fully saturated rings. The van der Waals surface area contributed by atoms with Gasteiger partial charge in [-0.3, -0.25) is 4.72 Å². The standard InChI is InChI=1S/C16H9Cl4NO2S2/c17-10-4-2-1-3-9(10)16-12(7-8-24-16)21-25(22,23)13-6-5-11(18)14(19)15(13)20/h1-8,21H. The minimum absolute atomic E-state index is 0.0112. The molecule has 130 valence electrons. The Balaban J connectivity index is 2.03. The zero-order valence-electron chi connectivity index (χ0n) is 12.3. The highest BCUT2D eigenvalue weighted by atomic mass is 35.5. The average Bonchev–Trinajstić information content (AvgIpc) is 3.00. The summed E-state index contributed by atoms with van der Waals surface area (Å²) >= 11 is 25.4. The maximum absolute atomic E-state index is 12.7. The predicted octanol–water partition coefficient (Wildman–Crippen LogP) is 6.83. The van der Waals surface area contributed by atoms with Crippen LogP contribution in [-0.2, 0) is 10.0 Å². The molecule has 3 nitrogen and oxygen atoms in total. The first-order valence-corrected chi connectivity index (χ1v) is 10.7. The summed E-state index contributed by atoms with van der Waals surface area (Å²) in [6.07, 6.45) is 0. The van der Waals surface area contributed by atoms with Crippen LogP contribution in [0.15, 0.2) is 52.7 Å². The molecule has 3 aromatic rings. The molecule has 0 amide bonds. The van der Waals surface area contributed by atoms with Crippen molar-refractivity contribution in [3.8, 4) is 10.4 Å². The first-order valence-electron chi connectivity index (χ1n) is 6.80. The van der Waals surface area contributed by atoms with E-state index in [0.29, 0.717) is 15.6 Å². The predicted molar refractivity (Wildman–Crippen MR) is 107 cm³/mol. The molecule has 0 saturated carbocycles. The Morgan fingerprint density at radius 3 is 2.28 bits per heavy atom. The summed E-state index contributed by atoms with van der Waals surface area (Å²) < 4.78 is 28.0. The van der Waals surface area contributed by atoms with Crippen molar-refractivity contribution in [2.24, 2.45) is 0 Å². The number of rotatable bonds is 4. The summed E-state index contributed by atoms with van der Waals surface area (Å²) in [4.78, 5) is 0.547. The number of hydrogen-bond donors (Lipinski definition) is 1. The Hall–Kier alpha value is -0.950. The topological polar surface area (TPSA) is 46.2 Å². The molecular formula is C16H9Cl4NO2S2. The van der Waals surface area contributed by atoms with Crippen LogP contribution in [0.2, 0.25) is 20.1 Å². The summed E-state index contributed by atoms with van der Waals surface area (Å²) in [7, 11) is -3.96. The van der Waals surface area contributed by atoms with Gasteiger partial charge in [0.2, 0.25) is 0 Å². The molecule has 0 radical (unpaired) electrons. The molecule has 0 aliphatic heterocycles. The number of benzene rings is 2. The second-order valence-corrected chi connectivity index (χ2v) is 9.06. The summed E-state index contributed by atoms with van der Waals surface area (Å²) in [6, 6.07) is 11.5. The third-order valence-corrected chi connectivity index (χ3v) is 7.41. The number of nitrogens with one attached hydrogen (secondary N) is 1. The lowest BCUT2D eigenvalue weighted by atomic mass is 10.2. The monoisotopic (exact) mass is 451 g/mol. The lowest BCUT2D eigenvalue weighted by Crippen LogP contribution is -2.13. The fourth-order valence-corrected chi connectivity index (χ4v) is 5.45. The molecule has 2 aromatic carbocycles. The SMILES string of the molecule is O=S(=O)(Nc1ccsc1-c1ccccc1Cl)c1ccc(Cl)c(Cl)c1Cl. The maximum atomic E-state index is 12.7. The molecule has 3 rings (SSSR count). The van der Waals surface area contributed by atoms with Crippen LogP contribution in [-0.4, -0.2) is 8.42 Å².